The quantitative estimate of drug-likeness (QED) is 0.556. The molecule has 2 aromatic carbocycles. The van der Waals surface area contributed by atoms with Crippen LogP contribution in [0.5, 0.6) is 11.5 Å². The third-order valence-corrected chi connectivity index (χ3v) is 5.25. The Morgan fingerprint density at radius 2 is 1.86 bits per heavy atom. The number of likely N-dealkylation sites (N-methyl/N-ethyl adjacent to an activating group) is 1. The fraction of sp³-hybridized carbons (Fsp3) is 0.278. The summed E-state index contributed by atoms with van der Waals surface area (Å²) in [5.74, 6) is 0.714. The zero-order chi connectivity index (χ0) is 19.3. The van der Waals surface area contributed by atoms with E-state index in [2.05, 4.69) is 15.4 Å². The van der Waals surface area contributed by atoms with E-state index in [-0.39, 0.29) is 35.6 Å². The number of hydrogen-bond donors (Lipinski definition) is 3. The second kappa shape index (κ2) is 9.63. The lowest BCUT2D eigenvalue weighted by Gasteiger charge is -2.10. The summed E-state index contributed by atoms with van der Waals surface area (Å²) in [5.41, 5.74) is 0.625. The number of ether oxygens (including phenoxy) is 2. The summed E-state index contributed by atoms with van der Waals surface area (Å²) >= 11 is 0. The monoisotopic (exact) mass is 427 g/mol. The van der Waals surface area contributed by atoms with E-state index in [1.807, 2.05) is 6.92 Å². The highest BCUT2D eigenvalue weighted by molar-refractivity contribution is 7.92. The molecule has 0 saturated heterocycles. The van der Waals surface area contributed by atoms with Gasteiger partial charge in [-0.3, -0.25) is 9.52 Å². The van der Waals surface area contributed by atoms with Gasteiger partial charge < -0.3 is 20.1 Å². The summed E-state index contributed by atoms with van der Waals surface area (Å²) in [5, 5.41) is 5.84. The van der Waals surface area contributed by atoms with Crippen LogP contribution in [-0.2, 0) is 10.0 Å². The van der Waals surface area contributed by atoms with E-state index in [0.29, 0.717) is 30.3 Å². The number of fused-ring (bicyclic) bond motifs is 1. The minimum atomic E-state index is -3.85. The van der Waals surface area contributed by atoms with Gasteiger partial charge in [0.15, 0.2) is 11.5 Å². The first-order chi connectivity index (χ1) is 13.0. The highest BCUT2D eigenvalue weighted by atomic mass is 35.5. The van der Waals surface area contributed by atoms with Gasteiger partial charge in [0.1, 0.15) is 0 Å². The maximum atomic E-state index is 12.7. The Hall–Kier alpha value is -2.49. The topological polar surface area (TPSA) is 106 Å². The zero-order valence-corrected chi connectivity index (χ0v) is 16.9. The molecular formula is C18H22ClN3O5S. The number of benzene rings is 2. The molecule has 0 unspecified atom stereocenters. The molecule has 0 fully saturated rings. The molecule has 0 atom stereocenters. The third-order valence-electron chi connectivity index (χ3n) is 3.87. The van der Waals surface area contributed by atoms with Gasteiger partial charge in [0.2, 0.25) is 6.79 Å². The summed E-state index contributed by atoms with van der Waals surface area (Å²) in [6, 6.07) is 10.7. The average molecular weight is 428 g/mol. The van der Waals surface area contributed by atoms with E-state index in [0.717, 1.165) is 6.54 Å². The highest BCUT2D eigenvalue weighted by Crippen LogP contribution is 2.34. The minimum Gasteiger partial charge on any atom is -0.454 e. The molecular weight excluding hydrogens is 406 g/mol. The van der Waals surface area contributed by atoms with Crippen LogP contribution in [0, 0.1) is 0 Å². The molecule has 8 nitrogen and oxygen atoms in total. The predicted octanol–water partition coefficient (Wildman–Crippen LogP) is 1.98. The van der Waals surface area contributed by atoms with Gasteiger partial charge in [0, 0.05) is 24.7 Å². The maximum absolute atomic E-state index is 12.7. The van der Waals surface area contributed by atoms with E-state index in [4.69, 9.17) is 9.47 Å². The van der Waals surface area contributed by atoms with Crippen molar-refractivity contribution in [2.45, 2.75) is 11.8 Å². The van der Waals surface area contributed by atoms with Crippen molar-refractivity contribution in [2.24, 2.45) is 0 Å². The van der Waals surface area contributed by atoms with Gasteiger partial charge in [-0.15, -0.1) is 12.4 Å². The molecule has 2 aromatic rings. The van der Waals surface area contributed by atoms with E-state index in [1.165, 1.54) is 18.2 Å². The van der Waals surface area contributed by atoms with Crippen molar-refractivity contribution in [3.8, 4) is 11.5 Å². The van der Waals surface area contributed by atoms with Gasteiger partial charge in [0.25, 0.3) is 15.9 Å². The van der Waals surface area contributed by atoms with Crippen LogP contribution in [0.25, 0.3) is 0 Å². The Morgan fingerprint density at radius 3 is 2.64 bits per heavy atom. The maximum Gasteiger partial charge on any atom is 0.261 e. The van der Waals surface area contributed by atoms with Crippen molar-refractivity contribution in [1.82, 2.24) is 10.6 Å². The lowest BCUT2D eigenvalue weighted by molar-refractivity contribution is 0.0953. The first-order valence-corrected chi connectivity index (χ1v) is 9.99. The van der Waals surface area contributed by atoms with Crippen molar-refractivity contribution in [2.75, 3.05) is 31.1 Å². The molecule has 1 aliphatic heterocycles. The molecule has 0 aromatic heterocycles. The summed E-state index contributed by atoms with van der Waals surface area (Å²) in [6.07, 6.45) is 0. The van der Waals surface area contributed by atoms with Gasteiger partial charge in [-0.1, -0.05) is 13.0 Å². The molecule has 0 bridgehead atoms. The van der Waals surface area contributed by atoms with Crippen LogP contribution in [-0.4, -0.2) is 40.8 Å². The summed E-state index contributed by atoms with van der Waals surface area (Å²) in [6.45, 7) is 4.00. The number of carbonyl (C=O) groups is 1. The summed E-state index contributed by atoms with van der Waals surface area (Å²) in [4.78, 5) is 12.2. The van der Waals surface area contributed by atoms with Crippen molar-refractivity contribution < 1.29 is 22.7 Å². The SMILES string of the molecule is CCNCCNC(=O)c1cccc(S(=O)(=O)Nc2ccc3c(c2)OCO3)c1.Cl. The van der Waals surface area contributed by atoms with Crippen molar-refractivity contribution >= 4 is 34.0 Å². The van der Waals surface area contributed by atoms with Crippen LogP contribution >= 0.6 is 12.4 Å². The zero-order valence-electron chi connectivity index (χ0n) is 15.2. The fourth-order valence-electron chi connectivity index (χ4n) is 2.52. The summed E-state index contributed by atoms with van der Waals surface area (Å²) in [7, 11) is -3.85. The van der Waals surface area contributed by atoms with E-state index in [1.54, 1.807) is 24.3 Å². The van der Waals surface area contributed by atoms with Gasteiger partial charge in [0.05, 0.1) is 10.6 Å². The normalized spacial score (nSPS) is 12.2. The number of nitrogens with one attached hydrogen (secondary N) is 3. The average Bonchev–Trinajstić information content (AvgIpc) is 3.12. The van der Waals surface area contributed by atoms with E-state index in [9.17, 15) is 13.2 Å². The second-order valence-corrected chi connectivity index (χ2v) is 7.49. The Kier molecular flexibility index (Phi) is 7.50. The van der Waals surface area contributed by atoms with Crippen LogP contribution in [0.3, 0.4) is 0 Å². The summed E-state index contributed by atoms with van der Waals surface area (Å²) < 4.78 is 38.2. The number of sulfonamides is 1. The van der Waals surface area contributed by atoms with Crippen molar-refractivity contribution in [1.29, 1.82) is 0 Å². The molecule has 1 amide bonds. The molecule has 10 heteroatoms. The van der Waals surface area contributed by atoms with Crippen LogP contribution in [0.4, 0.5) is 5.69 Å². The number of hydrogen-bond acceptors (Lipinski definition) is 6. The Labute approximate surface area is 170 Å². The minimum absolute atomic E-state index is 0. The Bertz CT molecular complexity index is 937. The van der Waals surface area contributed by atoms with Crippen LogP contribution in [0.2, 0.25) is 0 Å². The molecule has 3 N–H and O–H groups in total. The standard InChI is InChI=1S/C18H21N3O5S.ClH/c1-2-19-8-9-20-18(22)13-4-3-5-15(10-13)27(23,24)21-14-6-7-16-17(11-14)26-12-25-16;/h3-7,10-11,19,21H,2,8-9,12H2,1H3,(H,20,22);1H. The van der Waals surface area contributed by atoms with E-state index >= 15 is 0 Å². The molecule has 0 saturated carbocycles. The number of anilines is 1. The second-order valence-electron chi connectivity index (χ2n) is 5.81. The van der Waals surface area contributed by atoms with Crippen molar-refractivity contribution in [3.05, 3.63) is 48.0 Å². The first-order valence-electron chi connectivity index (χ1n) is 8.51. The lowest BCUT2D eigenvalue weighted by Crippen LogP contribution is -2.31. The molecule has 152 valence electrons. The lowest BCUT2D eigenvalue weighted by atomic mass is 10.2. The first kappa shape index (κ1) is 21.8. The molecule has 1 heterocycles. The number of rotatable bonds is 8. The van der Waals surface area contributed by atoms with Gasteiger partial charge in [-0.25, -0.2) is 8.42 Å². The molecule has 3 rings (SSSR count). The predicted molar refractivity (Wildman–Crippen MR) is 108 cm³/mol. The number of amides is 1. The van der Waals surface area contributed by atoms with Crippen LogP contribution in [0.1, 0.15) is 17.3 Å². The van der Waals surface area contributed by atoms with E-state index < -0.39 is 10.0 Å². The molecule has 0 radical (unpaired) electrons. The van der Waals surface area contributed by atoms with Gasteiger partial charge in [-0.05, 0) is 36.9 Å². The van der Waals surface area contributed by atoms with Gasteiger partial charge >= 0.3 is 0 Å². The number of carbonyl (C=O) groups excluding carboxylic acids is 1. The Morgan fingerprint density at radius 1 is 1.07 bits per heavy atom. The highest BCUT2D eigenvalue weighted by Gasteiger charge is 2.19. The van der Waals surface area contributed by atoms with Crippen molar-refractivity contribution in [3.63, 3.8) is 0 Å². The fourth-order valence-corrected chi connectivity index (χ4v) is 3.62. The third kappa shape index (κ3) is 5.28. The van der Waals surface area contributed by atoms with Gasteiger partial charge in [-0.2, -0.15) is 0 Å². The van der Waals surface area contributed by atoms with Crippen LogP contribution in [0.15, 0.2) is 47.4 Å². The smallest absolute Gasteiger partial charge is 0.261 e. The van der Waals surface area contributed by atoms with Crippen LogP contribution < -0.4 is 24.8 Å². The number of halogens is 1. The molecule has 0 aliphatic carbocycles. The molecule has 28 heavy (non-hydrogen) atoms. The largest absolute Gasteiger partial charge is 0.454 e. The Balaban J connectivity index is 0.00000280. The molecule has 0 spiro atoms. The molecule has 1 aliphatic rings.